The molecule has 1 aromatic carbocycles. The molecule has 0 spiro atoms. The third-order valence-corrected chi connectivity index (χ3v) is 8.75. The van der Waals surface area contributed by atoms with Crippen LogP contribution in [-0.2, 0) is 29.4 Å². The van der Waals surface area contributed by atoms with Gasteiger partial charge in [-0.3, -0.25) is 4.79 Å². The minimum Gasteiger partial charge on any atom is -0.493 e. The van der Waals surface area contributed by atoms with E-state index in [1.807, 2.05) is 0 Å². The normalized spacial score (nSPS) is 16.8. The minimum atomic E-state index is -3.63. The zero-order chi connectivity index (χ0) is 27.2. The molecule has 0 radical (unpaired) electrons. The van der Waals surface area contributed by atoms with Crippen LogP contribution in [0, 0.1) is 11.3 Å². The average molecular weight is 551 g/mol. The topological polar surface area (TPSA) is 97.6 Å². The highest BCUT2D eigenvalue weighted by molar-refractivity contribution is 7.89. The third-order valence-electron chi connectivity index (χ3n) is 7.02. The van der Waals surface area contributed by atoms with E-state index in [1.165, 1.54) is 29.8 Å². The average Bonchev–Trinajstić information content (AvgIpc) is 2.82. The fourth-order valence-electron chi connectivity index (χ4n) is 4.78. The molecule has 0 saturated heterocycles. The van der Waals surface area contributed by atoms with Gasteiger partial charge in [-0.1, -0.05) is 37.1 Å². The number of hydrogen-bond acceptors (Lipinski definition) is 5. The molecule has 1 atom stereocenters. The van der Waals surface area contributed by atoms with Gasteiger partial charge in [0.05, 0.1) is 11.5 Å². The zero-order valence-corrected chi connectivity index (χ0v) is 23.8. The maximum Gasteiger partial charge on any atom is 0.254 e. The Labute approximate surface area is 225 Å². The predicted molar refractivity (Wildman–Crippen MR) is 148 cm³/mol. The standard InChI is InChI=1S/C28H39ClN2O5S/c1-20(2)7-8-21-17-24-25(19-28(21,3)4)31(14-6-15-32)27(33)18-26(24)36-16-5-13-30-37(34,35)23-11-9-22(29)10-12-23/h7,9-12,18,21,30,32H,5-6,8,13-17,19H2,1-4H3. The molecule has 2 N–H and O–H groups in total. The summed E-state index contributed by atoms with van der Waals surface area (Å²) >= 11 is 5.85. The van der Waals surface area contributed by atoms with Gasteiger partial charge >= 0.3 is 0 Å². The van der Waals surface area contributed by atoms with E-state index < -0.39 is 10.0 Å². The van der Waals surface area contributed by atoms with Crippen molar-refractivity contribution in [2.45, 2.75) is 71.2 Å². The summed E-state index contributed by atoms with van der Waals surface area (Å²) < 4.78 is 35.4. The van der Waals surface area contributed by atoms with Crippen LogP contribution in [0.5, 0.6) is 5.75 Å². The maximum atomic E-state index is 13.0. The van der Waals surface area contributed by atoms with Crippen LogP contribution in [0.1, 0.15) is 58.2 Å². The fourth-order valence-corrected chi connectivity index (χ4v) is 5.98. The molecule has 0 saturated carbocycles. The molecule has 1 aliphatic carbocycles. The lowest BCUT2D eigenvalue weighted by Crippen LogP contribution is -2.38. The number of allylic oxidation sites excluding steroid dienone is 2. The molecule has 0 amide bonds. The summed E-state index contributed by atoms with van der Waals surface area (Å²) in [6.07, 6.45) is 5.74. The summed E-state index contributed by atoms with van der Waals surface area (Å²) in [5.41, 5.74) is 3.19. The number of sulfonamides is 1. The first-order valence-electron chi connectivity index (χ1n) is 12.8. The first-order valence-corrected chi connectivity index (χ1v) is 14.7. The van der Waals surface area contributed by atoms with Gasteiger partial charge in [0, 0.05) is 42.0 Å². The van der Waals surface area contributed by atoms with E-state index in [4.69, 9.17) is 16.3 Å². The number of benzene rings is 1. The number of fused-ring (bicyclic) bond motifs is 1. The molecular formula is C28H39ClN2O5S. The van der Waals surface area contributed by atoms with Crippen molar-refractivity contribution in [3.05, 3.63) is 68.6 Å². The first kappa shape index (κ1) is 29.4. The Morgan fingerprint density at radius 1 is 1.24 bits per heavy atom. The van der Waals surface area contributed by atoms with Crippen molar-refractivity contribution in [2.75, 3.05) is 19.8 Å². The van der Waals surface area contributed by atoms with Crippen LogP contribution in [0.3, 0.4) is 0 Å². The van der Waals surface area contributed by atoms with Gasteiger partial charge in [0.25, 0.3) is 5.56 Å². The monoisotopic (exact) mass is 550 g/mol. The van der Waals surface area contributed by atoms with Gasteiger partial charge in [0.1, 0.15) is 5.75 Å². The molecule has 1 aromatic heterocycles. The summed E-state index contributed by atoms with van der Waals surface area (Å²) in [5, 5.41) is 9.82. The van der Waals surface area contributed by atoms with Crippen LogP contribution in [0.15, 0.2) is 51.7 Å². The minimum absolute atomic E-state index is 0.00488. The van der Waals surface area contributed by atoms with Crippen molar-refractivity contribution >= 4 is 21.6 Å². The van der Waals surface area contributed by atoms with Crippen LogP contribution < -0.4 is 15.0 Å². The summed E-state index contributed by atoms with van der Waals surface area (Å²) in [4.78, 5) is 13.2. The third kappa shape index (κ3) is 7.69. The van der Waals surface area contributed by atoms with Crippen molar-refractivity contribution in [1.82, 2.24) is 9.29 Å². The number of nitrogens with one attached hydrogen (secondary N) is 1. The SMILES string of the molecule is CC(C)=CCC1Cc2c(OCCCNS(=O)(=O)c3ccc(Cl)cc3)cc(=O)n(CCCO)c2CC1(C)C. The number of aromatic nitrogens is 1. The highest BCUT2D eigenvalue weighted by Crippen LogP contribution is 2.44. The van der Waals surface area contributed by atoms with Crippen LogP contribution in [-0.4, -0.2) is 37.8 Å². The van der Waals surface area contributed by atoms with E-state index in [-0.39, 0.29) is 35.6 Å². The van der Waals surface area contributed by atoms with E-state index in [1.54, 1.807) is 10.6 Å². The Morgan fingerprint density at radius 2 is 1.95 bits per heavy atom. The molecule has 2 aromatic rings. The van der Waals surface area contributed by atoms with Crippen molar-refractivity contribution in [2.24, 2.45) is 11.3 Å². The summed E-state index contributed by atoms with van der Waals surface area (Å²) in [6.45, 7) is 9.69. The summed E-state index contributed by atoms with van der Waals surface area (Å²) in [6, 6.07) is 7.55. The molecule has 3 rings (SSSR count). The predicted octanol–water partition coefficient (Wildman–Crippen LogP) is 4.73. The Bertz CT molecular complexity index is 1260. The van der Waals surface area contributed by atoms with Crippen LogP contribution in [0.2, 0.25) is 5.02 Å². The molecule has 204 valence electrons. The Hall–Kier alpha value is -2.13. The van der Waals surface area contributed by atoms with Gasteiger partial charge in [0.15, 0.2) is 0 Å². The van der Waals surface area contributed by atoms with E-state index in [2.05, 4.69) is 38.5 Å². The quantitative estimate of drug-likeness (QED) is 0.294. The smallest absolute Gasteiger partial charge is 0.254 e. The van der Waals surface area contributed by atoms with Crippen LogP contribution >= 0.6 is 11.6 Å². The van der Waals surface area contributed by atoms with E-state index in [0.29, 0.717) is 36.1 Å². The zero-order valence-electron chi connectivity index (χ0n) is 22.2. The summed E-state index contributed by atoms with van der Waals surface area (Å²) in [7, 11) is -3.63. The second kappa shape index (κ2) is 12.6. The van der Waals surface area contributed by atoms with E-state index >= 15 is 0 Å². The Morgan fingerprint density at radius 3 is 2.59 bits per heavy atom. The largest absolute Gasteiger partial charge is 0.493 e. The molecule has 0 aliphatic heterocycles. The number of nitrogens with zero attached hydrogens (tertiary/aromatic N) is 1. The molecule has 1 unspecified atom stereocenters. The van der Waals surface area contributed by atoms with Gasteiger partial charge in [-0.25, -0.2) is 13.1 Å². The fraction of sp³-hybridized carbons (Fsp3) is 0.536. The molecule has 9 heteroatoms. The second-order valence-corrected chi connectivity index (χ2v) is 12.8. The lowest BCUT2D eigenvalue weighted by atomic mass is 9.66. The number of ether oxygens (including phenoxy) is 1. The molecule has 1 aliphatic rings. The molecule has 0 fully saturated rings. The molecule has 1 heterocycles. The second-order valence-electron chi connectivity index (χ2n) is 10.6. The number of rotatable bonds is 12. The van der Waals surface area contributed by atoms with E-state index in [9.17, 15) is 18.3 Å². The highest BCUT2D eigenvalue weighted by Gasteiger charge is 2.37. The Balaban J connectivity index is 1.75. The van der Waals surface area contributed by atoms with Crippen molar-refractivity contribution in [3.63, 3.8) is 0 Å². The van der Waals surface area contributed by atoms with Gasteiger partial charge in [0.2, 0.25) is 10.0 Å². The number of aliphatic hydroxyl groups is 1. The van der Waals surface area contributed by atoms with Crippen molar-refractivity contribution in [3.8, 4) is 5.75 Å². The summed E-state index contributed by atoms with van der Waals surface area (Å²) in [5.74, 6) is 0.978. The Kier molecular flexibility index (Phi) is 10.0. The number of pyridine rings is 1. The molecule has 37 heavy (non-hydrogen) atoms. The van der Waals surface area contributed by atoms with Crippen molar-refractivity contribution in [1.29, 1.82) is 0 Å². The number of hydrogen-bond donors (Lipinski definition) is 2. The van der Waals surface area contributed by atoms with Crippen LogP contribution in [0.25, 0.3) is 0 Å². The van der Waals surface area contributed by atoms with Gasteiger partial charge < -0.3 is 14.4 Å². The number of aliphatic hydroxyl groups excluding tert-OH is 1. The van der Waals surface area contributed by atoms with Gasteiger partial charge in [-0.15, -0.1) is 0 Å². The molecule has 0 bridgehead atoms. The van der Waals surface area contributed by atoms with Crippen molar-refractivity contribution < 1.29 is 18.3 Å². The first-order chi connectivity index (χ1) is 17.4. The number of halogens is 1. The maximum absolute atomic E-state index is 13.0. The molecular weight excluding hydrogens is 512 g/mol. The lowest BCUT2D eigenvalue weighted by molar-refractivity contribution is 0.182. The van der Waals surface area contributed by atoms with Gasteiger partial charge in [-0.2, -0.15) is 0 Å². The highest BCUT2D eigenvalue weighted by atomic mass is 35.5. The van der Waals surface area contributed by atoms with Gasteiger partial charge in [-0.05, 0) is 81.5 Å². The lowest BCUT2D eigenvalue weighted by Gasteiger charge is -2.41. The van der Waals surface area contributed by atoms with E-state index in [0.717, 1.165) is 30.5 Å². The molecule has 7 nitrogen and oxygen atoms in total. The van der Waals surface area contributed by atoms with Crippen LogP contribution in [0.4, 0.5) is 0 Å².